The first-order valence-corrected chi connectivity index (χ1v) is 8.31. The molecule has 0 bridgehead atoms. The number of Topliss-reactive ketones (excluding diaryl/α,β-unsaturated/α-hetero) is 1. The summed E-state index contributed by atoms with van der Waals surface area (Å²) in [5, 5.41) is 11.1. The topological polar surface area (TPSA) is 76.7 Å². The molecule has 1 heterocycles. The van der Waals surface area contributed by atoms with Gasteiger partial charge in [0.1, 0.15) is 22.9 Å². The Morgan fingerprint density at radius 2 is 1.88 bits per heavy atom. The van der Waals surface area contributed by atoms with Crippen molar-refractivity contribution in [1.29, 1.82) is 0 Å². The molecule has 3 rings (SSSR count). The van der Waals surface area contributed by atoms with Crippen molar-refractivity contribution < 1.29 is 19.1 Å². The lowest BCUT2D eigenvalue weighted by Gasteiger charge is -2.16. The Morgan fingerprint density at radius 3 is 2.50 bits per heavy atom. The first-order valence-electron chi connectivity index (χ1n) is 8.31. The van der Waals surface area contributed by atoms with Crippen molar-refractivity contribution in [3.8, 4) is 11.5 Å². The van der Waals surface area contributed by atoms with E-state index in [0.717, 1.165) is 11.1 Å². The monoisotopic (exact) mass is 352 g/mol. The number of rotatable bonds is 5. The molecule has 5 heteroatoms. The van der Waals surface area contributed by atoms with Gasteiger partial charge in [0.2, 0.25) is 0 Å². The van der Waals surface area contributed by atoms with Gasteiger partial charge in [-0.05, 0) is 49.6 Å². The number of carbonyl (C=O) groups is 1. The normalized spacial score (nSPS) is 12.1. The van der Waals surface area contributed by atoms with Crippen LogP contribution in [-0.2, 0) is 11.2 Å². The Bertz CT molecular complexity index is 1010. The zero-order chi connectivity index (χ0) is 18.8. The highest BCUT2D eigenvalue weighted by molar-refractivity contribution is 5.87. The number of fused-ring (bicyclic) bond motifs is 1. The molecule has 0 amide bonds. The van der Waals surface area contributed by atoms with Gasteiger partial charge >= 0.3 is 5.63 Å². The third-order valence-corrected chi connectivity index (χ3v) is 4.61. The molecule has 26 heavy (non-hydrogen) atoms. The molecule has 3 aromatic rings. The average Bonchev–Trinajstić information content (AvgIpc) is 2.62. The van der Waals surface area contributed by atoms with E-state index in [-0.39, 0.29) is 23.5 Å². The van der Waals surface area contributed by atoms with Crippen molar-refractivity contribution in [2.24, 2.45) is 0 Å². The SMILES string of the molecule is COc1ccc(C(Cc2c(O)c3cccc(C)c3oc2=O)C(C)=O)cc1. The molecule has 1 N–H and O–H groups in total. The Hall–Kier alpha value is -3.08. The highest BCUT2D eigenvalue weighted by atomic mass is 16.5. The minimum atomic E-state index is -0.621. The highest BCUT2D eigenvalue weighted by Crippen LogP contribution is 2.32. The molecule has 2 aromatic carbocycles. The second kappa shape index (κ2) is 7.04. The van der Waals surface area contributed by atoms with Crippen LogP contribution in [-0.4, -0.2) is 18.0 Å². The standard InChI is InChI=1S/C21H20O5/c1-12-5-4-6-16-19(23)18(21(24)26-20(12)16)11-17(13(2)22)14-7-9-15(25-3)10-8-14/h4-10,17,23H,11H2,1-3H3. The zero-order valence-electron chi connectivity index (χ0n) is 14.9. The molecular formula is C21H20O5. The van der Waals surface area contributed by atoms with Crippen molar-refractivity contribution in [2.75, 3.05) is 7.11 Å². The van der Waals surface area contributed by atoms with E-state index in [4.69, 9.17) is 9.15 Å². The van der Waals surface area contributed by atoms with Crippen LogP contribution in [0.2, 0.25) is 0 Å². The summed E-state index contributed by atoms with van der Waals surface area (Å²) in [4.78, 5) is 24.6. The van der Waals surface area contributed by atoms with Crippen molar-refractivity contribution in [3.63, 3.8) is 0 Å². The number of methoxy groups -OCH3 is 1. The minimum absolute atomic E-state index is 0.0692. The fraction of sp³-hybridized carbons (Fsp3) is 0.238. The summed E-state index contributed by atoms with van der Waals surface area (Å²) in [6.45, 7) is 3.28. The van der Waals surface area contributed by atoms with Gasteiger partial charge in [-0.3, -0.25) is 4.79 Å². The van der Waals surface area contributed by atoms with Gasteiger partial charge in [0.05, 0.1) is 18.1 Å². The second-order valence-electron chi connectivity index (χ2n) is 6.31. The molecule has 1 aromatic heterocycles. The summed E-state index contributed by atoms with van der Waals surface area (Å²) in [5.41, 5.74) is 1.37. The molecule has 0 fully saturated rings. The summed E-state index contributed by atoms with van der Waals surface area (Å²) in [6, 6.07) is 12.4. The minimum Gasteiger partial charge on any atom is -0.507 e. The van der Waals surface area contributed by atoms with Crippen LogP contribution in [0.1, 0.15) is 29.5 Å². The van der Waals surface area contributed by atoms with Crippen LogP contribution in [0.5, 0.6) is 11.5 Å². The Labute approximate surface area is 150 Å². The van der Waals surface area contributed by atoms with Crippen LogP contribution in [0.4, 0.5) is 0 Å². The summed E-state index contributed by atoms with van der Waals surface area (Å²) < 4.78 is 10.5. The number of benzene rings is 2. The first-order chi connectivity index (χ1) is 12.4. The van der Waals surface area contributed by atoms with Crippen LogP contribution in [0.15, 0.2) is 51.7 Å². The largest absolute Gasteiger partial charge is 0.507 e. The Balaban J connectivity index is 2.07. The van der Waals surface area contributed by atoms with E-state index in [0.29, 0.717) is 16.7 Å². The second-order valence-corrected chi connectivity index (χ2v) is 6.31. The van der Waals surface area contributed by atoms with E-state index >= 15 is 0 Å². The smallest absolute Gasteiger partial charge is 0.343 e. The van der Waals surface area contributed by atoms with E-state index in [9.17, 15) is 14.7 Å². The summed E-state index contributed by atoms with van der Waals surface area (Å²) >= 11 is 0. The molecular weight excluding hydrogens is 332 g/mol. The molecule has 1 unspecified atom stereocenters. The predicted octanol–water partition coefficient (Wildman–Crippen LogP) is 3.73. The fourth-order valence-corrected chi connectivity index (χ4v) is 3.10. The number of ketones is 1. The van der Waals surface area contributed by atoms with Crippen molar-refractivity contribution in [1.82, 2.24) is 0 Å². The number of aromatic hydroxyl groups is 1. The molecule has 0 aliphatic heterocycles. The number of carbonyl (C=O) groups excluding carboxylic acids is 1. The van der Waals surface area contributed by atoms with Crippen molar-refractivity contribution in [2.45, 2.75) is 26.2 Å². The van der Waals surface area contributed by atoms with Gasteiger partial charge in [0, 0.05) is 5.92 Å². The zero-order valence-corrected chi connectivity index (χ0v) is 14.9. The highest BCUT2D eigenvalue weighted by Gasteiger charge is 2.23. The quantitative estimate of drug-likeness (QED) is 0.708. The van der Waals surface area contributed by atoms with Gasteiger partial charge < -0.3 is 14.3 Å². The van der Waals surface area contributed by atoms with Gasteiger partial charge in [-0.15, -0.1) is 0 Å². The van der Waals surface area contributed by atoms with Crippen LogP contribution < -0.4 is 10.4 Å². The van der Waals surface area contributed by atoms with Crippen LogP contribution in [0.3, 0.4) is 0 Å². The third kappa shape index (κ3) is 3.20. The van der Waals surface area contributed by atoms with E-state index in [1.807, 2.05) is 0 Å². The number of para-hydroxylation sites is 1. The molecule has 0 saturated heterocycles. The van der Waals surface area contributed by atoms with Crippen LogP contribution in [0.25, 0.3) is 11.0 Å². The van der Waals surface area contributed by atoms with E-state index in [1.54, 1.807) is 56.5 Å². The van der Waals surface area contributed by atoms with Crippen molar-refractivity contribution >= 4 is 16.8 Å². The molecule has 0 saturated carbocycles. The molecule has 0 radical (unpaired) electrons. The van der Waals surface area contributed by atoms with Crippen LogP contribution >= 0.6 is 0 Å². The summed E-state index contributed by atoms with van der Waals surface area (Å²) in [7, 11) is 1.57. The maximum absolute atomic E-state index is 12.4. The molecule has 1 atom stereocenters. The lowest BCUT2D eigenvalue weighted by atomic mass is 9.89. The number of ether oxygens (including phenoxy) is 1. The van der Waals surface area contributed by atoms with Gasteiger partial charge in [-0.25, -0.2) is 4.79 Å². The van der Waals surface area contributed by atoms with E-state index in [2.05, 4.69) is 0 Å². The summed E-state index contributed by atoms with van der Waals surface area (Å²) in [6.07, 6.45) is 0.0692. The van der Waals surface area contributed by atoms with Gasteiger partial charge in [-0.2, -0.15) is 0 Å². The molecule has 0 aliphatic rings. The van der Waals surface area contributed by atoms with Gasteiger partial charge in [-0.1, -0.05) is 24.3 Å². The van der Waals surface area contributed by atoms with Crippen LogP contribution in [0, 0.1) is 6.92 Å². The molecule has 5 nitrogen and oxygen atoms in total. The van der Waals surface area contributed by atoms with Crippen molar-refractivity contribution in [3.05, 3.63) is 69.6 Å². The number of hydrogen-bond donors (Lipinski definition) is 1. The lowest BCUT2D eigenvalue weighted by molar-refractivity contribution is -0.118. The number of hydrogen-bond acceptors (Lipinski definition) is 5. The molecule has 134 valence electrons. The van der Waals surface area contributed by atoms with Gasteiger partial charge in [0.25, 0.3) is 0 Å². The fourth-order valence-electron chi connectivity index (χ4n) is 3.10. The lowest BCUT2D eigenvalue weighted by Crippen LogP contribution is -2.17. The van der Waals surface area contributed by atoms with E-state index in [1.165, 1.54) is 6.92 Å². The maximum Gasteiger partial charge on any atom is 0.343 e. The summed E-state index contributed by atoms with van der Waals surface area (Å²) in [5.74, 6) is -0.102. The first kappa shape index (κ1) is 17.7. The maximum atomic E-state index is 12.4. The Kier molecular flexibility index (Phi) is 4.80. The predicted molar refractivity (Wildman–Crippen MR) is 99.0 cm³/mol. The Morgan fingerprint density at radius 1 is 1.19 bits per heavy atom. The third-order valence-electron chi connectivity index (χ3n) is 4.61. The van der Waals surface area contributed by atoms with E-state index < -0.39 is 11.5 Å². The molecule has 0 aliphatic carbocycles. The van der Waals surface area contributed by atoms with Gasteiger partial charge in [0.15, 0.2) is 0 Å². The number of aryl methyl sites for hydroxylation is 1. The molecule has 0 spiro atoms. The average molecular weight is 352 g/mol.